The maximum absolute atomic E-state index is 12.0. The Morgan fingerprint density at radius 3 is 2.73 bits per heavy atom. The summed E-state index contributed by atoms with van der Waals surface area (Å²) in [4.78, 5) is 14.2. The summed E-state index contributed by atoms with van der Waals surface area (Å²) < 4.78 is 2.13. The van der Waals surface area contributed by atoms with Crippen LogP contribution in [0.25, 0.3) is 5.69 Å². The van der Waals surface area contributed by atoms with Crippen LogP contribution < -0.4 is 5.43 Å². The number of nitrogens with zero attached hydrogens (tertiary/aromatic N) is 3. The van der Waals surface area contributed by atoms with E-state index in [2.05, 4.69) is 26.1 Å². The van der Waals surface area contributed by atoms with Gasteiger partial charge in [0.15, 0.2) is 0 Å². The van der Waals surface area contributed by atoms with Gasteiger partial charge in [0.05, 0.1) is 12.8 Å². The Morgan fingerprint density at radius 1 is 1.23 bits per heavy atom. The lowest BCUT2D eigenvalue weighted by Crippen LogP contribution is -2.38. The molecule has 0 unspecified atom stereocenters. The zero-order valence-corrected chi connectivity index (χ0v) is 16.1. The number of hydrogen-bond donors (Lipinski definition) is 1. The molecule has 26 heavy (non-hydrogen) atoms. The molecule has 0 saturated carbocycles. The third-order valence-electron chi connectivity index (χ3n) is 4.75. The summed E-state index contributed by atoms with van der Waals surface area (Å²) in [5.74, 6) is -0.0631. The minimum Gasteiger partial charge on any atom is -0.318 e. The van der Waals surface area contributed by atoms with Crippen LogP contribution in [0.15, 0.2) is 35.4 Å². The largest absolute Gasteiger partial charge is 0.318 e. The highest BCUT2D eigenvalue weighted by atomic mass is 35.5. The maximum Gasteiger partial charge on any atom is 0.254 e. The number of hydrogen-bond acceptors (Lipinski definition) is 3. The lowest BCUT2D eigenvalue weighted by molar-refractivity contribution is -0.122. The summed E-state index contributed by atoms with van der Waals surface area (Å²) in [6.07, 6.45) is 5.31. The minimum atomic E-state index is -0.0631. The number of carbonyl (C=O) groups excluding carboxylic acids is 1. The van der Waals surface area contributed by atoms with Gasteiger partial charge in [-0.25, -0.2) is 5.43 Å². The molecule has 1 amide bonds. The van der Waals surface area contributed by atoms with Crippen LogP contribution in [0.3, 0.4) is 0 Å². The first kappa shape index (κ1) is 18.7. The van der Waals surface area contributed by atoms with Crippen molar-refractivity contribution in [2.45, 2.75) is 33.1 Å². The first-order valence-corrected chi connectivity index (χ1v) is 9.41. The van der Waals surface area contributed by atoms with Crippen molar-refractivity contribution in [3.63, 3.8) is 0 Å². The van der Waals surface area contributed by atoms with Crippen molar-refractivity contribution in [1.82, 2.24) is 14.9 Å². The minimum absolute atomic E-state index is 0.0631. The van der Waals surface area contributed by atoms with Gasteiger partial charge in [-0.2, -0.15) is 5.10 Å². The summed E-state index contributed by atoms with van der Waals surface area (Å²) in [6, 6.07) is 9.80. The van der Waals surface area contributed by atoms with Crippen molar-refractivity contribution in [2.24, 2.45) is 5.10 Å². The number of piperidine rings is 1. The van der Waals surface area contributed by atoms with E-state index in [9.17, 15) is 4.79 Å². The standard InChI is InChI=1S/C20H25ClN4O/c1-15-11-17(16(2)25(15)19-8-6-7-18(21)12-19)13-22-23-20(26)14-24-9-4-3-5-10-24/h6-8,11-13H,3-5,9-10,14H2,1-2H3,(H,23,26)/b22-13-. The van der Waals surface area contributed by atoms with Crippen molar-refractivity contribution in [1.29, 1.82) is 0 Å². The van der Waals surface area contributed by atoms with Gasteiger partial charge in [-0.05, 0) is 64.0 Å². The number of carbonyl (C=O) groups is 1. The van der Waals surface area contributed by atoms with Gasteiger partial charge in [-0.15, -0.1) is 0 Å². The molecule has 2 heterocycles. The third-order valence-corrected chi connectivity index (χ3v) is 4.98. The zero-order valence-electron chi connectivity index (χ0n) is 15.3. The fourth-order valence-corrected chi connectivity index (χ4v) is 3.65. The van der Waals surface area contributed by atoms with E-state index < -0.39 is 0 Å². The fraction of sp³-hybridized carbons (Fsp3) is 0.400. The molecular weight excluding hydrogens is 348 g/mol. The Labute approximate surface area is 159 Å². The molecule has 0 radical (unpaired) electrons. The molecular formula is C20H25ClN4O. The molecule has 5 nitrogen and oxygen atoms in total. The van der Waals surface area contributed by atoms with Gasteiger partial charge in [0, 0.05) is 27.7 Å². The molecule has 1 fully saturated rings. The van der Waals surface area contributed by atoms with E-state index in [0.717, 1.165) is 35.7 Å². The van der Waals surface area contributed by atoms with E-state index in [0.29, 0.717) is 11.6 Å². The van der Waals surface area contributed by atoms with E-state index in [1.54, 1.807) is 6.21 Å². The van der Waals surface area contributed by atoms with Crippen molar-refractivity contribution < 1.29 is 4.79 Å². The van der Waals surface area contributed by atoms with Crippen molar-refractivity contribution in [2.75, 3.05) is 19.6 Å². The van der Waals surface area contributed by atoms with E-state index in [-0.39, 0.29) is 5.91 Å². The van der Waals surface area contributed by atoms with Crippen LogP contribution in [0.1, 0.15) is 36.2 Å². The number of benzene rings is 1. The highest BCUT2D eigenvalue weighted by Gasteiger charge is 2.13. The number of aromatic nitrogens is 1. The molecule has 1 aliphatic rings. The van der Waals surface area contributed by atoms with E-state index in [1.165, 1.54) is 19.3 Å². The second-order valence-electron chi connectivity index (χ2n) is 6.77. The molecule has 0 atom stereocenters. The highest BCUT2D eigenvalue weighted by molar-refractivity contribution is 6.30. The van der Waals surface area contributed by atoms with Crippen LogP contribution >= 0.6 is 11.6 Å². The van der Waals surface area contributed by atoms with Crippen LogP contribution in [-0.2, 0) is 4.79 Å². The van der Waals surface area contributed by atoms with Crippen LogP contribution in [0.5, 0.6) is 0 Å². The number of likely N-dealkylation sites (tertiary alicyclic amines) is 1. The Morgan fingerprint density at radius 2 is 2.00 bits per heavy atom. The van der Waals surface area contributed by atoms with Gasteiger partial charge in [-0.3, -0.25) is 9.69 Å². The SMILES string of the molecule is Cc1cc(/C=N\NC(=O)CN2CCCCC2)c(C)n1-c1cccc(Cl)c1. The maximum atomic E-state index is 12.0. The molecule has 6 heteroatoms. The smallest absolute Gasteiger partial charge is 0.254 e. The first-order valence-electron chi connectivity index (χ1n) is 9.04. The Hall–Kier alpha value is -2.11. The fourth-order valence-electron chi connectivity index (χ4n) is 3.46. The summed E-state index contributed by atoms with van der Waals surface area (Å²) in [5.41, 5.74) is 6.77. The molecule has 1 N–H and O–H groups in total. The average Bonchev–Trinajstić information content (AvgIpc) is 2.89. The molecule has 1 aliphatic heterocycles. The second-order valence-corrected chi connectivity index (χ2v) is 7.21. The number of rotatable bonds is 5. The van der Waals surface area contributed by atoms with Crippen LogP contribution in [0.2, 0.25) is 5.02 Å². The molecule has 1 saturated heterocycles. The van der Waals surface area contributed by atoms with E-state index >= 15 is 0 Å². The van der Waals surface area contributed by atoms with Crippen molar-refractivity contribution >= 4 is 23.7 Å². The molecule has 0 spiro atoms. The lowest BCUT2D eigenvalue weighted by atomic mass is 10.1. The molecule has 0 aliphatic carbocycles. The van der Waals surface area contributed by atoms with Crippen LogP contribution in [-0.4, -0.2) is 41.2 Å². The zero-order chi connectivity index (χ0) is 18.5. The highest BCUT2D eigenvalue weighted by Crippen LogP contribution is 2.22. The molecule has 1 aromatic carbocycles. The van der Waals surface area contributed by atoms with Gasteiger partial charge in [-0.1, -0.05) is 24.1 Å². The van der Waals surface area contributed by atoms with Gasteiger partial charge in [0.25, 0.3) is 5.91 Å². The number of nitrogens with one attached hydrogen (secondary N) is 1. The molecule has 3 rings (SSSR count). The molecule has 1 aromatic heterocycles. The number of hydrazone groups is 1. The van der Waals surface area contributed by atoms with Crippen molar-refractivity contribution in [3.05, 3.63) is 52.3 Å². The number of aryl methyl sites for hydroxylation is 1. The lowest BCUT2D eigenvalue weighted by Gasteiger charge is -2.25. The monoisotopic (exact) mass is 372 g/mol. The normalized spacial score (nSPS) is 15.5. The van der Waals surface area contributed by atoms with Crippen LogP contribution in [0.4, 0.5) is 0 Å². The van der Waals surface area contributed by atoms with Crippen molar-refractivity contribution in [3.8, 4) is 5.69 Å². The summed E-state index contributed by atoms with van der Waals surface area (Å²) in [5, 5.41) is 4.85. The third kappa shape index (κ3) is 4.54. The second kappa shape index (κ2) is 8.52. The van der Waals surface area contributed by atoms with Gasteiger partial charge < -0.3 is 4.57 Å². The number of halogens is 1. The predicted molar refractivity (Wildman–Crippen MR) is 106 cm³/mol. The Kier molecular flexibility index (Phi) is 6.12. The molecule has 0 bridgehead atoms. The summed E-state index contributed by atoms with van der Waals surface area (Å²) in [7, 11) is 0. The van der Waals surface area contributed by atoms with Gasteiger partial charge in [0.2, 0.25) is 0 Å². The van der Waals surface area contributed by atoms with Crippen LogP contribution in [0, 0.1) is 13.8 Å². The summed E-state index contributed by atoms with van der Waals surface area (Å²) >= 11 is 6.11. The quantitative estimate of drug-likeness (QED) is 0.642. The summed E-state index contributed by atoms with van der Waals surface area (Å²) in [6.45, 7) is 6.49. The first-order chi connectivity index (χ1) is 12.5. The Balaban J connectivity index is 1.65. The predicted octanol–water partition coefficient (Wildman–Crippen LogP) is 3.68. The van der Waals surface area contributed by atoms with Gasteiger partial charge >= 0.3 is 0 Å². The molecule has 138 valence electrons. The van der Waals surface area contributed by atoms with E-state index in [4.69, 9.17) is 11.6 Å². The molecule has 2 aromatic rings. The van der Waals surface area contributed by atoms with Gasteiger partial charge in [0.1, 0.15) is 0 Å². The number of amides is 1. The Bertz CT molecular complexity index is 806. The van der Waals surface area contributed by atoms with E-state index in [1.807, 2.05) is 38.1 Å². The topological polar surface area (TPSA) is 49.6 Å². The average molecular weight is 373 g/mol.